The van der Waals surface area contributed by atoms with E-state index in [0.717, 1.165) is 11.3 Å². The Labute approximate surface area is 147 Å². The van der Waals surface area contributed by atoms with E-state index in [4.69, 9.17) is 9.15 Å². The van der Waals surface area contributed by atoms with E-state index in [1.807, 2.05) is 26.0 Å². The maximum atomic E-state index is 12.1. The van der Waals surface area contributed by atoms with Gasteiger partial charge in [0.15, 0.2) is 5.76 Å². The van der Waals surface area contributed by atoms with Crippen molar-refractivity contribution in [3.63, 3.8) is 0 Å². The van der Waals surface area contributed by atoms with Crippen LogP contribution in [-0.2, 0) is 6.61 Å². The summed E-state index contributed by atoms with van der Waals surface area (Å²) < 4.78 is 11.3. The Hall–Kier alpha value is -2.31. The number of ether oxygens (including phenoxy) is 1. The second-order valence-corrected chi connectivity index (χ2v) is 6.52. The highest BCUT2D eigenvalue weighted by Crippen LogP contribution is 2.20. The first-order chi connectivity index (χ1) is 12.0. The third kappa shape index (κ3) is 4.41. The molecule has 1 aliphatic heterocycles. The normalized spacial score (nSPS) is 19.8. The largest absolute Gasteiger partial charge is 0.485 e. The summed E-state index contributed by atoms with van der Waals surface area (Å²) >= 11 is 0. The molecule has 3 N–H and O–H groups in total. The van der Waals surface area contributed by atoms with Gasteiger partial charge in [-0.2, -0.15) is 0 Å². The van der Waals surface area contributed by atoms with Crippen molar-refractivity contribution in [1.29, 1.82) is 0 Å². The van der Waals surface area contributed by atoms with Crippen molar-refractivity contribution in [3.05, 3.63) is 53.0 Å². The average Bonchev–Trinajstić information content (AvgIpc) is 3.21. The zero-order chi connectivity index (χ0) is 17.8. The van der Waals surface area contributed by atoms with E-state index in [2.05, 4.69) is 16.7 Å². The molecule has 1 amide bonds. The predicted molar refractivity (Wildman–Crippen MR) is 93.7 cm³/mol. The summed E-state index contributed by atoms with van der Waals surface area (Å²) in [5, 5.41) is 15.6. The lowest BCUT2D eigenvalue weighted by atomic mass is 10.1. The molecule has 2 aromatic rings. The highest BCUT2D eigenvalue weighted by Gasteiger charge is 2.25. The summed E-state index contributed by atoms with van der Waals surface area (Å²) in [7, 11) is 0. The molecule has 25 heavy (non-hydrogen) atoms. The molecule has 1 aliphatic rings. The first kappa shape index (κ1) is 17.5. The molecule has 2 heterocycles. The summed E-state index contributed by atoms with van der Waals surface area (Å²) in [5.41, 5.74) is 2.25. The number of aliphatic hydroxyl groups excluding tert-OH is 1. The molecule has 1 fully saturated rings. The maximum Gasteiger partial charge on any atom is 0.287 e. The Balaban J connectivity index is 1.52. The number of carbonyl (C=O) groups excluding carboxylic acids is 1. The lowest BCUT2D eigenvalue weighted by Gasteiger charge is -2.13. The molecule has 6 heteroatoms. The first-order valence-corrected chi connectivity index (χ1v) is 8.48. The molecule has 1 aromatic heterocycles. The molecule has 0 spiro atoms. The Bertz CT molecular complexity index is 741. The zero-order valence-corrected chi connectivity index (χ0v) is 14.5. The Kier molecular flexibility index (Phi) is 5.40. The zero-order valence-electron chi connectivity index (χ0n) is 14.5. The molecule has 0 bridgehead atoms. The van der Waals surface area contributed by atoms with E-state index in [1.165, 1.54) is 5.56 Å². The quantitative estimate of drug-likeness (QED) is 0.744. The van der Waals surface area contributed by atoms with Crippen LogP contribution in [0.4, 0.5) is 0 Å². The number of amides is 1. The molecule has 0 aliphatic carbocycles. The SMILES string of the molecule is Cc1ccc(OCc2ccc(C(=O)NCC3CNCC3O)o2)c(C)c1. The third-order valence-corrected chi connectivity index (χ3v) is 4.41. The average molecular weight is 344 g/mol. The van der Waals surface area contributed by atoms with Gasteiger partial charge in [-0.3, -0.25) is 4.79 Å². The van der Waals surface area contributed by atoms with E-state index < -0.39 is 6.10 Å². The minimum absolute atomic E-state index is 0.0335. The fraction of sp³-hybridized carbons (Fsp3) is 0.421. The number of hydrogen-bond donors (Lipinski definition) is 3. The lowest BCUT2D eigenvalue weighted by Crippen LogP contribution is -2.34. The number of benzene rings is 1. The maximum absolute atomic E-state index is 12.1. The van der Waals surface area contributed by atoms with Gasteiger partial charge in [0.1, 0.15) is 18.1 Å². The van der Waals surface area contributed by atoms with Gasteiger partial charge in [-0.25, -0.2) is 0 Å². The monoisotopic (exact) mass is 344 g/mol. The highest BCUT2D eigenvalue weighted by atomic mass is 16.5. The molecule has 1 saturated heterocycles. The van der Waals surface area contributed by atoms with E-state index in [9.17, 15) is 9.90 Å². The summed E-state index contributed by atoms with van der Waals surface area (Å²) in [6, 6.07) is 9.37. The van der Waals surface area contributed by atoms with Gasteiger partial charge >= 0.3 is 0 Å². The van der Waals surface area contributed by atoms with Gasteiger partial charge < -0.3 is 24.9 Å². The van der Waals surface area contributed by atoms with Gasteiger partial charge in [0.05, 0.1) is 6.10 Å². The Morgan fingerprint density at radius 3 is 2.88 bits per heavy atom. The van der Waals surface area contributed by atoms with Gasteiger partial charge in [0.25, 0.3) is 5.91 Å². The van der Waals surface area contributed by atoms with Crippen molar-refractivity contribution in [2.75, 3.05) is 19.6 Å². The minimum Gasteiger partial charge on any atom is -0.485 e. The van der Waals surface area contributed by atoms with Crippen LogP contribution in [0.15, 0.2) is 34.7 Å². The van der Waals surface area contributed by atoms with Crippen molar-refractivity contribution in [2.45, 2.75) is 26.6 Å². The molecular weight excluding hydrogens is 320 g/mol. The standard InChI is InChI=1S/C19H24N2O4/c1-12-3-5-17(13(2)7-12)24-11-15-4-6-18(25-15)19(23)21-9-14-8-20-10-16(14)22/h3-7,14,16,20,22H,8-11H2,1-2H3,(H,21,23). The predicted octanol–water partition coefficient (Wildman–Crippen LogP) is 1.79. The second-order valence-electron chi connectivity index (χ2n) is 6.52. The smallest absolute Gasteiger partial charge is 0.287 e. The number of β-amino-alcohol motifs (C(OH)–C–C–N with tert-alkyl or cyclic N) is 1. The number of nitrogens with one attached hydrogen (secondary N) is 2. The molecule has 1 aromatic carbocycles. The van der Waals surface area contributed by atoms with Crippen molar-refractivity contribution >= 4 is 5.91 Å². The van der Waals surface area contributed by atoms with Gasteiger partial charge in [-0.05, 0) is 37.6 Å². The number of aryl methyl sites for hydroxylation is 2. The van der Waals surface area contributed by atoms with Crippen LogP contribution in [0.2, 0.25) is 0 Å². The molecule has 2 atom stereocenters. The molecular formula is C19H24N2O4. The topological polar surface area (TPSA) is 83.7 Å². The van der Waals surface area contributed by atoms with Crippen LogP contribution in [0.25, 0.3) is 0 Å². The molecule has 134 valence electrons. The number of hydrogen-bond acceptors (Lipinski definition) is 5. The molecule has 3 rings (SSSR count). The van der Waals surface area contributed by atoms with Gasteiger partial charge in [0, 0.05) is 25.6 Å². The van der Waals surface area contributed by atoms with E-state index in [-0.39, 0.29) is 24.2 Å². The van der Waals surface area contributed by atoms with E-state index in [0.29, 0.717) is 25.4 Å². The summed E-state index contributed by atoms with van der Waals surface area (Å²) in [5.74, 6) is 1.39. The number of aliphatic hydroxyl groups is 1. The summed E-state index contributed by atoms with van der Waals surface area (Å²) in [6.45, 7) is 5.99. The molecule has 2 unspecified atom stereocenters. The molecule has 6 nitrogen and oxygen atoms in total. The second kappa shape index (κ2) is 7.72. The van der Waals surface area contributed by atoms with E-state index in [1.54, 1.807) is 12.1 Å². The van der Waals surface area contributed by atoms with Crippen LogP contribution < -0.4 is 15.4 Å². The van der Waals surface area contributed by atoms with Crippen LogP contribution in [-0.4, -0.2) is 36.8 Å². The molecule has 0 saturated carbocycles. The number of furan rings is 1. The summed E-state index contributed by atoms with van der Waals surface area (Å²) in [6.07, 6.45) is -0.418. The third-order valence-electron chi connectivity index (χ3n) is 4.41. The summed E-state index contributed by atoms with van der Waals surface area (Å²) in [4.78, 5) is 12.1. The van der Waals surface area contributed by atoms with Crippen molar-refractivity contribution in [1.82, 2.24) is 10.6 Å². The lowest BCUT2D eigenvalue weighted by molar-refractivity contribution is 0.0896. The van der Waals surface area contributed by atoms with Crippen LogP contribution in [0.5, 0.6) is 5.75 Å². The fourth-order valence-electron chi connectivity index (χ4n) is 2.93. The Morgan fingerprint density at radius 1 is 1.32 bits per heavy atom. The molecule has 0 radical (unpaired) electrons. The Morgan fingerprint density at radius 2 is 2.16 bits per heavy atom. The van der Waals surface area contributed by atoms with Crippen molar-refractivity contribution < 1.29 is 19.1 Å². The highest BCUT2D eigenvalue weighted by molar-refractivity contribution is 5.91. The minimum atomic E-state index is -0.418. The van der Waals surface area contributed by atoms with Crippen LogP contribution in [0.3, 0.4) is 0 Å². The first-order valence-electron chi connectivity index (χ1n) is 8.48. The fourth-order valence-corrected chi connectivity index (χ4v) is 2.93. The van der Waals surface area contributed by atoms with Crippen molar-refractivity contribution in [2.24, 2.45) is 5.92 Å². The number of carbonyl (C=O) groups is 1. The van der Waals surface area contributed by atoms with Crippen LogP contribution >= 0.6 is 0 Å². The van der Waals surface area contributed by atoms with Crippen LogP contribution in [0, 0.1) is 19.8 Å². The van der Waals surface area contributed by atoms with Crippen molar-refractivity contribution in [3.8, 4) is 5.75 Å². The van der Waals surface area contributed by atoms with Gasteiger partial charge in [-0.15, -0.1) is 0 Å². The number of rotatable bonds is 6. The van der Waals surface area contributed by atoms with Gasteiger partial charge in [-0.1, -0.05) is 17.7 Å². The van der Waals surface area contributed by atoms with Gasteiger partial charge in [0.2, 0.25) is 0 Å². The van der Waals surface area contributed by atoms with E-state index >= 15 is 0 Å². The van der Waals surface area contributed by atoms with Crippen LogP contribution in [0.1, 0.15) is 27.4 Å².